The Morgan fingerprint density at radius 2 is 1.67 bits per heavy atom. The van der Waals surface area contributed by atoms with Crippen LogP contribution in [0.25, 0.3) is 5.00 Å². The first kappa shape index (κ1) is 19.3. The summed E-state index contributed by atoms with van der Waals surface area (Å²) < 4.78 is 2.11. The van der Waals surface area contributed by atoms with Gasteiger partial charge in [-0.15, -0.1) is 21.5 Å². The molecule has 0 radical (unpaired) electrons. The van der Waals surface area contributed by atoms with Crippen LogP contribution in [0.5, 0.6) is 5.75 Å². The second-order valence-electron chi connectivity index (χ2n) is 7.41. The topological polar surface area (TPSA) is 63.3 Å². The second kappa shape index (κ2) is 7.64. The van der Waals surface area contributed by atoms with Gasteiger partial charge >= 0.3 is 0 Å². The zero-order valence-electron chi connectivity index (χ0n) is 16.7. The number of nitrogens with zero attached hydrogens (tertiary/aromatic N) is 4. The van der Waals surface area contributed by atoms with Gasteiger partial charge in [-0.3, -0.25) is 9.56 Å². The van der Waals surface area contributed by atoms with E-state index in [9.17, 15) is 5.11 Å². The smallest absolute Gasteiger partial charge is 0.160 e. The molecule has 0 fully saturated rings. The van der Waals surface area contributed by atoms with E-state index in [1.54, 1.807) is 23.5 Å². The van der Waals surface area contributed by atoms with Gasteiger partial charge in [-0.05, 0) is 56.5 Å². The molecule has 3 heterocycles. The summed E-state index contributed by atoms with van der Waals surface area (Å²) in [5.74, 6) is 2.83. The first-order valence-electron chi connectivity index (χ1n) is 9.15. The van der Waals surface area contributed by atoms with Gasteiger partial charge in [-0.2, -0.15) is 0 Å². The minimum absolute atomic E-state index is 0.259. The number of thiophene rings is 1. The Hall–Kier alpha value is -2.47. The second-order valence-corrected chi connectivity index (χ2v) is 8.61. The monoisotopic (exact) mass is 382 g/mol. The van der Waals surface area contributed by atoms with E-state index in [0.29, 0.717) is 6.54 Å². The number of benzene rings is 1. The van der Waals surface area contributed by atoms with Crippen molar-refractivity contribution in [1.29, 1.82) is 0 Å². The van der Waals surface area contributed by atoms with Crippen LogP contribution in [-0.2, 0) is 6.54 Å². The summed E-state index contributed by atoms with van der Waals surface area (Å²) in [7, 11) is 0. The molecule has 0 unspecified atom stereocenters. The van der Waals surface area contributed by atoms with E-state index < -0.39 is 0 Å². The molecular formula is C21H26N4OS. The largest absolute Gasteiger partial charge is 0.508 e. The molecule has 5 nitrogen and oxygen atoms in total. The highest BCUT2D eigenvalue weighted by molar-refractivity contribution is 7.15. The molecule has 2 aromatic heterocycles. The van der Waals surface area contributed by atoms with Crippen LogP contribution in [0.3, 0.4) is 0 Å². The fourth-order valence-electron chi connectivity index (χ4n) is 2.90. The van der Waals surface area contributed by atoms with Crippen LogP contribution < -0.4 is 0 Å². The van der Waals surface area contributed by atoms with Gasteiger partial charge < -0.3 is 5.11 Å². The van der Waals surface area contributed by atoms with Crippen LogP contribution in [0, 0.1) is 26.7 Å². The Labute approximate surface area is 164 Å². The third kappa shape index (κ3) is 3.81. The number of rotatable bonds is 1. The molecule has 0 aliphatic carbocycles. The third-order valence-electron chi connectivity index (χ3n) is 4.22. The average Bonchev–Trinajstić information content (AvgIpc) is 3.04. The van der Waals surface area contributed by atoms with Crippen LogP contribution >= 0.6 is 11.3 Å². The maximum atomic E-state index is 9.55. The summed E-state index contributed by atoms with van der Waals surface area (Å²) in [5, 5.41) is 19.1. The van der Waals surface area contributed by atoms with Crippen LogP contribution in [0.4, 0.5) is 0 Å². The molecule has 0 saturated heterocycles. The van der Waals surface area contributed by atoms with E-state index in [1.165, 1.54) is 10.4 Å². The maximum Gasteiger partial charge on any atom is 0.160 e. The average molecular weight is 383 g/mol. The highest BCUT2D eigenvalue weighted by Gasteiger charge is 2.26. The first-order chi connectivity index (χ1) is 12.8. The predicted molar refractivity (Wildman–Crippen MR) is 111 cm³/mol. The number of aromatic hydroxyl groups is 1. The van der Waals surface area contributed by atoms with E-state index in [0.717, 1.165) is 39.4 Å². The van der Waals surface area contributed by atoms with Gasteiger partial charge in [-0.25, -0.2) is 0 Å². The molecule has 1 aliphatic rings. The third-order valence-corrected chi connectivity index (χ3v) is 5.41. The van der Waals surface area contributed by atoms with Gasteiger partial charge in [0.1, 0.15) is 23.1 Å². The Morgan fingerprint density at radius 1 is 1.04 bits per heavy atom. The number of hydrogen-bond acceptors (Lipinski definition) is 5. The van der Waals surface area contributed by atoms with Gasteiger partial charge in [0.15, 0.2) is 5.82 Å². The number of fused-ring (bicyclic) bond motifs is 3. The Morgan fingerprint density at radius 3 is 2.30 bits per heavy atom. The normalized spacial score (nSPS) is 12.6. The minimum atomic E-state index is 0.259. The van der Waals surface area contributed by atoms with Crippen molar-refractivity contribution in [3.05, 3.63) is 57.5 Å². The fourth-order valence-corrected chi connectivity index (χ4v) is 4.13. The molecule has 1 aliphatic heterocycles. The van der Waals surface area contributed by atoms with Crippen molar-refractivity contribution in [1.82, 2.24) is 14.8 Å². The van der Waals surface area contributed by atoms with E-state index in [1.807, 2.05) is 19.1 Å². The SMILES string of the molecule is CC(C)C.Cc1sc2c(c1C)C(c1ccc(O)cc1)=NCc1nnc(C)n1-2. The lowest BCUT2D eigenvalue weighted by molar-refractivity contribution is 0.475. The summed E-state index contributed by atoms with van der Waals surface area (Å²) in [6.45, 7) is 13.2. The molecule has 6 heteroatoms. The summed E-state index contributed by atoms with van der Waals surface area (Å²) >= 11 is 1.75. The molecule has 0 spiro atoms. The molecule has 0 bridgehead atoms. The maximum absolute atomic E-state index is 9.55. The Kier molecular flexibility index (Phi) is 5.46. The van der Waals surface area contributed by atoms with Crippen molar-refractivity contribution in [3.8, 4) is 10.8 Å². The molecule has 142 valence electrons. The van der Waals surface area contributed by atoms with Crippen molar-refractivity contribution in [2.45, 2.75) is 48.1 Å². The van der Waals surface area contributed by atoms with Crippen molar-refractivity contribution >= 4 is 17.0 Å². The molecule has 0 amide bonds. The summed E-state index contributed by atoms with van der Waals surface area (Å²) in [6.07, 6.45) is 0. The van der Waals surface area contributed by atoms with Crippen LogP contribution in [0.15, 0.2) is 29.3 Å². The fraction of sp³-hybridized carbons (Fsp3) is 0.381. The zero-order valence-corrected chi connectivity index (χ0v) is 17.6. The number of hydrogen-bond donors (Lipinski definition) is 1. The summed E-state index contributed by atoms with van der Waals surface area (Å²) in [5.41, 5.74) is 4.32. The van der Waals surface area contributed by atoms with Crippen molar-refractivity contribution in [3.63, 3.8) is 0 Å². The highest BCUT2D eigenvalue weighted by Crippen LogP contribution is 2.36. The molecular weight excluding hydrogens is 356 g/mol. The quantitative estimate of drug-likeness (QED) is 0.646. The number of phenols is 1. The van der Waals surface area contributed by atoms with Gasteiger partial charge in [0, 0.05) is 16.0 Å². The van der Waals surface area contributed by atoms with E-state index in [2.05, 4.69) is 49.4 Å². The summed E-state index contributed by atoms with van der Waals surface area (Å²) in [4.78, 5) is 6.08. The van der Waals surface area contributed by atoms with Crippen LogP contribution in [0.2, 0.25) is 0 Å². The van der Waals surface area contributed by atoms with Crippen molar-refractivity contribution < 1.29 is 5.11 Å². The molecule has 0 saturated carbocycles. The van der Waals surface area contributed by atoms with Gasteiger partial charge in [-0.1, -0.05) is 20.8 Å². The van der Waals surface area contributed by atoms with Gasteiger partial charge in [0.25, 0.3) is 0 Å². The highest BCUT2D eigenvalue weighted by atomic mass is 32.1. The standard InChI is InChI=1S/C17H16N4OS.C4H10/c1-9-10(2)23-17-15(9)16(12-4-6-13(22)7-5-12)18-8-14-20-19-11(3)21(14)17;1-4(2)3/h4-7,22H,8H2,1-3H3;4H,1-3H3. The molecule has 1 aromatic carbocycles. The van der Waals surface area contributed by atoms with E-state index >= 15 is 0 Å². The Bertz CT molecular complexity index is 978. The predicted octanol–water partition coefficient (Wildman–Crippen LogP) is 4.97. The van der Waals surface area contributed by atoms with E-state index in [-0.39, 0.29) is 5.75 Å². The van der Waals surface area contributed by atoms with Gasteiger partial charge in [0.2, 0.25) is 0 Å². The lowest BCUT2D eigenvalue weighted by atomic mass is 10.00. The minimum Gasteiger partial charge on any atom is -0.508 e. The molecule has 1 N–H and O–H groups in total. The molecule has 4 rings (SSSR count). The molecule has 0 atom stereocenters. The number of phenolic OH excluding ortho intramolecular Hbond substituents is 1. The molecule has 3 aromatic rings. The van der Waals surface area contributed by atoms with Crippen molar-refractivity contribution in [2.75, 3.05) is 0 Å². The van der Waals surface area contributed by atoms with E-state index in [4.69, 9.17) is 4.99 Å². The lowest BCUT2D eigenvalue weighted by Gasteiger charge is -2.09. The summed E-state index contributed by atoms with van der Waals surface area (Å²) in [6, 6.07) is 7.21. The van der Waals surface area contributed by atoms with Crippen LogP contribution in [-0.4, -0.2) is 25.6 Å². The zero-order chi connectivity index (χ0) is 19.7. The number of aryl methyl sites for hydroxylation is 2. The number of aromatic nitrogens is 3. The Balaban J connectivity index is 0.000000481. The lowest BCUT2D eigenvalue weighted by Crippen LogP contribution is -2.07. The van der Waals surface area contributed by atoms with Gasteiger partial charge in [0.05, 0.1) is 5.71 Å². The number of aliphatic imine (C=N–C) groups is 1. The van der Waals surface area contributed by atoms with Crippen LogP contribution in [0.1, 0.15) is 54.0 Å². The molecule has 27 heavy (non-hydrogen) atoms. The van der Waals surface area contributed by atoms with Crippen molar-refractivity contribution in [2.24, 2.45) is 10.9 Å². The first-order valence-corrected chi connectivity index (χ1v) is 9.96.